The van der Waals surface area contributed by atoms with E-state index >= 15 is 0 Å². The number of ether oxygens (including phenoxy) is 2. The van der Waals surface area contributed by atoms with Gasteiger partial charge in [0.2, 0.25) is 0 Å². The number of hydrogen-bond donors (Lipinski definition) is 6. The molecular formula is C42H45FN16O2. The Morgan fingerprint density at radius 2 is 1.36 bits per heavy atom. The number of halogens is 1. The quantitative estimate of drug-likeness (QED) is 0.102. The van der Waals surface area contributed by atoms with Gasteiger partial charge in [0.15, 0.2) is 22.9 Å². The Morgan fingerprint density at radius 1 is 0.721 bits per heavy atom. The summed E-state index contributed by atoms with van der Waals surface area (Å²) in [6.45, 7) is 1.96. The van der Waals surface area contributed by atoms with Crippen LogP contribution in [0.1, 0.15) is 61.7 Å². The van der Waals surface area contributed by atoms with E-state index in [2.05, 4.69) is 46.6 Å². The number of H-pyrrole nitrogens is 2. The van der Waals surface area contributed by atoms with Crippen LogP contribution in [0.15, 0.2) is 49.1 Å². The van der Waals surface area contributed by atoms with Gasteiger partial charge in [-0.15, -0.1) is 0 Å². The van der Waals surface area contributed by atoms with Crippen molar-refractivity contribution in [2.75, 3.05) is 44.5 Å². The van der Waals surface area contributed by atoms with Crippen molar-refractivity contribution < 1.29 is 13.9 Å². The molecule has 0 aromatic carbocycles. The lowest BCUT2D eigenvalue weighted by Crippen LogP contribution is -2.46. The number of alkyl halides is 1. The number of pyridine rings is 2. The van der Waals surface area contributed by atoms with Crippen LogP contribution in [0.5, 0.6) is 11.5 Å². The molecule has 2 aliphatic heterocycles. The van der Waals surface area contributed by atoms with E-state index in [1.165, 1.54) is 0 Å². The van der Waals surface area contributed by atoms with Crippen molar-refractivity contribution in [3.8, 4) is 34.3 Å². The van der Waals surface area contributed by atoms with Crippen LogP contribution < -0.4 is 30.7 Å². The molecule has 2 saturated heterocycles. The Kier molecular flexibility index (Phi) is 8.55. The Hall–Kier alpha value is -6.47. The summed E-state index contributed by atoms with van der Waals surface area (Å²) in [4.78, 5) is 19.4. The first-order valence-electron chi connectivity index (χ1n) is 21.1. The largest absolute Gasteiger partial charge is 0.495 e. The maximum Gasteiger partial charge on any atom is 0.157 e. The number of aromatic amines is 2. The fourth-order valence-corrected chi connectivity index (χ4v) is 9.45. The molecule has 8 aromatic heterocycles. The van der Waals surface area contributed by atoms with E-state index in [-0.39, 0.29) is 12.0 Å². The van der Waals surface area contributed by atoms with Crippen LogP contribution in [0.25, 0.3) is 55.9 Å². The molecule has 2 saturated carbocycles. The van der Waals surface area contributed by atoms with Gasteiger partial charge in [0.05, 0.1) is 56.4 Å². The van der Waals surface area contributed by atoms with E-state index in [4.69, 9.17) is 34.6 Å². The van der Waals surface area contributed by atoms with Gasteiger partial charge < -0.3 is 30.7 Å². The van der Waals surface area contributed by atoms with Gasteiger partial charge in [-0.25, -0.2) is 33.4 Å². The molecule has 0 amide bonds. The van der Waals surface area contributed by atoms with Gasteiger partial charge in [0.1, 0.15) is 51.5 Å². The number of piperidine rings is 2. The normalized spacial score (nSPS) is 24.2. The van der Waals surface area contributed by atoms with E-state index < -0.39 is 12.2 Å². The Bertz CT molecular complexity index is 2950. The smallest absolute Gasteiger partial charge is 0.157 e. The number of aromatic nitrogens is 12. The highest BCUT2D eigenvalue weighted by atomic mass is 19.1. The maximum atomic E-state index is 14.9. The third kappa shape index (κ3) is 6.36. The molecule has 0 radical (unpaired) electrons. The summed E-state index contributed by atoms with van der Waals surface area (Å²) < 4.78 is 30.2. The third-order valence-electron chi connectivity index (χ3n) is 13.0. The Labute approximate surface area is 347 Å². The Morgan fingerprint density at radius 3 is 1.97 bits per heavy atom. The van der Waals surface area contributed by atoms with Gasteiger partial charge in [-0.05, 0) is 63.1 Å². The minimum Gasteiger partial charge on any atom is -0.495 e. The van der Waals surface area contributed by atoms with Gasteiger partial charge in [-0.2, -0.15) is 20.4 Å². The molecule has 10 heterocycles. The molecule has 8 aromatic rings. The second kappa shape index (κ2) is 14.3. The molecule has 12 rings (SSSR count). The van der Waals surface area contributed by atoms with E-state index in [9.17, 15) is 4.39 Å². The van der Waals surface area contributed by atoms with Gasteiger partial charge in [-0.1, -0.05) is 0 Å². The molecular weight excluding hydrogens is 780 g/mol. The molecule has 0 bridgehead atoms. The number of fused-ring (bicyclic) bond motifs is 4. The molecule has 6 atom stereocenters. The highest BCUT2D eigenvalue weighted by Crippen LogP contribution is 2.53. The molecule has 19 heteroatoms. The number of imidazole rings is 2. The predicted molar refractivity (Wildman–Crippen MR) is 226 cm³/mol. The number of methoxy groups -OCH3 is 2. The number of nitrogens with zero attached hydrogens (tertiary/aromatic N) is 10. The van der Waals surface area contributed by atoms with Crippen molar-refractivity contribution in [2.45, 2.75) is 74.7 Å². The minimum atomic E-state index is -0.981. The number of hydrogen-bond acceptors (Lipinski definition) is 14. The maximum absolute atomic E-state index is 14.9. The summed E-state index contributed by atoms with van der Waals surface area (Å²) in [6.07, 6.45) is 11.9. The average molecular weight is 825 g/mol. The van der Waals surface area contributed by atoms with Gasteiger partial charge in [0.25, 0.3) is 0 Å². The molecule has 0 spiro atoms. The second-order valence-corrected chi connectivity index (χ2v) is 16.9. The van der Waals surface area contributed by atoms with Crippen molar-refractivity contribution in [1.29, 1.82) is 0 Å². The number of rotatable bonds is 11. The summed E-state index contributed by atoms with van der Waals surface area (Å²) in [7, 11) is 3.37. The molecule has 4 fully saturated rings. The lowest BCUT2D eigenvalue weighted by molar-refractivity contribution is 0.241. The van der Waals surface area contributed by atoms with Crippen LogP contribution in [0.3, 0.4) is 0 Å². The van der Waals surface area contributed by atoms with Crippen LogP contribution >= 0.6 is 0 Å². The zero-order valence-electron chi connectivity index (χ0n) is 33.7. The monoisotopic (exact) mass is 824 g/mol. The molecule has 3 unspecified atom stereocenters. The highest BCUT2D eigenvalue weighted by Gasteiger charge is 2.47. The van der Waals surface area contributed by atoms with Crippen LogP contribution in [0, 0.1) is 5.92 Å². The lowest BCUT2D eigenvalue weighted by atomic mass is 9.95. The first-order chi connectivity index (χ1) is 30.0. The average Bonchev–Trinajstić information content (AvgIpc) is 4.02. The predicted octanol–water partition coefficient (Wildman–Crippen LogP) is 4.99. The van der Waals surface area contributed by atoms with Crippen LogP contribution in [0.4, 0.5) is 16.0 Å². The molecule has 2 aliphatic carbocycles. The van der Waals surface area contributed by atoms with Crippen LogP contribution in [-0.2, 0) is 0 Å². The zero-order chi connectivity index (χ0) is 40.8. The summed E-state index contributed by atoms with van der Waals surface area (Å²) >= 11 is 0. The van der Waals surface area contributed by atoms with Crippen molar-refractivity contribution in [1.82, 2.24) is 70.2 Å². The van der Waals surface area contributed by atoms with Crippen LogP contribution in [0.2, 0.25) is 0 Å². The first kappa shape index (κ1) is 36.4. The summed E-state index contributed by atoms with van der Waals surface area (Å²) in [5.74, 6) is 3.86. The molecule has 61 heavy (non-hydrogen) atoms. The SMILES string of the molecule is COc1cc2ncc(-c3cc4cn[nH]c4c(N[C@H]4CCC(C5CC5c5nn6c(-c7cc8cn[nH]c8c(N[C@H]8CNCC[C@@H]8F)n7)cnc6cc5OC)NC4)n3)n2nc1C1CC1. The van der Waals surface area contributed by atoms with E-state index in [0.29, 0.717) is 54.5 Å². The molecule has 312 valence electrons. The van der Waals surface area contributed by atoms with Crippen LogP contribution in [-0.4, -0.2) is 118 Å². The van der Waals surface area contributed by atoms with Crippen molar-refractivity contribution in [3.63, 3.8) is 0 Å². The molecule has 18 nitrogen and oxygen atoms in total. The highest BCUT2D eigenvalue weighted by molar-refractivity contribution is 5.92. The Balaban J connectivity index is 0.767. The van der Waals surface area contributed by atoms with Crippen molar-refractivity contribution >= 4 is 44.7 Å². The topological polar surface area (TPSA) is 210 Å². The van der Waals surface area contributed by atoms with E-state index in [0.717, 1.165) is 112 Å². The summed E-state index contributed by atoms with van der Waals surface area (Å²) in [5, 5.41) is 41.0. The molecule has 4 aliphatic rings. The first-order valence-corrected chi connectivity index (χ1v) is 21.1. The summed E-state index contributed by atoms with van der Waals surface area (Å²) in [6, 6.07) is 8.00. The number of nitrogens with one attached hydrogen (secondary N) is 6. The minimum absolute atomic E-state index is 0.163. The van der Waals surface area contributed by atoms with Crippen molar-refractivity contribution in [3.05, 3.63) is 60.4 Å². The van der Waals surface area contributed by atoms with E-state index in [1.54, 1.807) is 26.6 Å². The fraction of sp³-hybridized carbons (Fsp3) is 0.429. The second-order valence-electron chi connectivity index (χ2n) is 16.9. The van der Waals surface area contributed by atoms with Gasteiger partial charge >= 0.3 is 0 Å². The fourth-order valence-electron chi connectivity index (χ4n) is 9.45. The number of anilines is 2. The van der Waals surface area contributed by atoms with E-state index in [1.807, 2.05) is 45.7 Å². The lowest BCUT2D eigenvalue weighted by Gasteiger charge is -2.31. The third-order valence-corrected chi connectivity index (χ3v) is 13.0. The van der Waals surface area contributed by atoms with Gasteiger partial charge in [0, 0.05) is 59.9 Å². The molecule has 6 N–H and O–H groups in total. The van der Waals surface area contributed by atoms with Crippen molar-refractivity contribution in [2.24, 2.45) is 5.92 Å². The van der Waals surface area contributed by atoms with Gasteiger partial charge in [-0.3, -0.25) is 10.2 Å². The zero-order valence-corrected chi connectivity index (χ0v) is 33.7. The summed E-state index contributed by atoms with van der Waals surface area (Å²) in [5.41, 5.74) is 7.83. The standard InChI is InChI=1S/C42H45FN16O2/c1-60-33-12-35-46-18-31(58(35)56-37(33)20-3-4-20)28-9-21-14-48-54-38(21)41(51-28)50-23-5-6-27(45-16-23)24-11-25(24)40-34(61-2)13-36-47-19-32(59(36)57-40)29-10-22-15-49-55-39(22)42(52-29)53-30-17-44-8-7-26(30)43/h9-10,12-15,18-20,23-27,30,44-45H,3-8,11,16-17H2,1-2H3,(H,48,54)(H,49,55)(H,50,51)(H,52,53)/t23-,24?,25?,26-,27?,30-/m0/s1.